The van der Waals surface area contributed by atoms with E-state index in [4.69, 9.17) is 14.7 Å². The van der Waals surface area contributed by atoms with Crippen molar-refractivity contribution in [3.05, 3.63) is 60.4 Å². The number of alkyl carbamates (subject to hydrolysis) is 1. The molecule has 7 nitrogen and oxygen atoms in total. The molecule has 1 saturated heterocycles. The second-order valence-electron chi connectivity index (χ2n) is 7.58. The molecule has 2 N–H and O–H groups in total. The predicted octanol–water partition coefficient (Wildman–Crippen LogP) is 4.15. The van der Waals surface area contributed by atoms with Gasteiger partial charge in [-0.1, -0.05) is 24.8 Å². The van der Waals surface area contributed by atoms with Gasteiger partial charge in [0.25, 0.3) is 0 Å². The van der Waals surface area contributed by atoms with Gasteiger partial charge in [0.15, 0.2) is 5.82 Å². The smallest absolute Gasteiger partial charge is 0.412 e. The number of hydrogen-bond donors (Lipinski definition) is 2. The van der Waals surface area contributed by atoms with Gasteiger partial charge in [0.05, 0.1) is 22.9 Å². The van der Waals surface area contributed by atoms with Crippen LogP contribution in [0.4, 0.5) is 10.6 Å². The van der Waals surface area contributed by atoms with Crippen LogP contribution in [-0.2, 0) is 4.74 Å². The first-order valence-corrected chi connectivity index (χ1v) is 9.86. The van der Waals surface area contributed by atoms with Gasteiger partial charge < -0.3 is 20.1 Å². The third kappa shape index (κ3) is 4.05. The van der Waals surface area contributed by atoms with Gasteiger partial charge in [-0.15, -0.1) is 0 Å². The highest BCUT2D eigenvalue weighted by atomic mass is 16.6. The van der Waals surface area contributed by atoms with Gasteiger partial charge in [-0.25, -0.2) is 14.8 Å². The number of benzene rings is 2. The third-order valence-electron chi connectivity index (χ3n) is 5.05. The van der Waals surface area contributed by atoms with Crippen LogP contribution in [0.25, 0.3) is 22.3 Å². The Morgan fingerprint density at radius 1 is 1.27 bits per heavy atom. The average molecular weight is 404 g/mol. The summed E-state index contributed by atoms with van der Waals surface area (Å²) in [6.45, 7) is 8.58. The van der Waals surface area contributed by atoms with Gasteiger partial charge in [0, 0.05) is 18.5 Å². The first-order chi connectivity index (χ1) is 14.4. The number of allylic oxidation sites excluding steroid dienone is 1. The normalized spacial score (nSPS) is 15.9. The number of nitrogens with zero attached hydrogens (tertiary/aromatic N) is 3. The second-order valence-corrected chi connectivity index (χ2v) is 7.58. The molecule has 0 radical (unpaired) electrons. The number of ether oxygens (including phenoxy) is 1. The van der Waals surface area contributed by atoms with Crippen LogP contribution in [0, 0.1) is 6.92 Å². The lowest BCUT2D eigenvalue weighted by atomic mass is 10.1. The summed E-state index contributed by atoms with van der Waals surface area (Å²) in [5.41, 5.74) is 2.50. The lowest BCUT2D eigenvalue weighted by Gasteiger charge is -2.21. The van der Waals surface area contributed by atoms with Gasteiger partial charge in [-0.05, 0) is 50.1 Å². The molecule has 1 fully saturated rings. The fourth-order valence-corrected chi connectivity index (χ4v) is 3.67. The summed E-state index contributed by atoms with van der Waals surface area (Å²) in [5, 5.41) is 14.1. The first-order valence-electron chi connectivity index (χ1n) is 9.86. The number of phenolic OH excluding ortho intramolecular Hbond substituents is 1. The molecule has 30 heavy (non-hydrogen) atoms. The molecule has 154 valence electrons. The summed E-state index contributed by atoms with van der Waals surface area (Å²) in [7, 11) is 0. The van der Waals surface area contributed by atoms with Gasteiger partial charge in [0.2, 0.25) is 0 Å². The van der Waals surface area contributed by atoms with Gasteiger partial charge in [-0.2, -0.15) is 0 Å². The van der Waals surface area contributed by atoms with Crippen molar-refractivity contribution >= 4 is 22.8 Å². The molecule has 1 aliphatic heterocycles. The van der Waals surface area contributed by atoms with Crippen LogP contribution in [0.2, 0.25) is 0 Å². The maximum absolute atomic E-state index is 11.9. The van der Waals surface area contributed by atoms with E-state index in [1.54, 1.807) is 25.1 Å². The van der Waals surface area contributed by atoms with Gasteiger partial charge in [0.1, 0.15) is 11.6 Å². The molecule has 0 bridgehead atoms. The Kier molecular flexibility index (Phi) is 5.27. The number of phenols is 1. The van der Waals surface area contributed by atoms with E-state index in [1.807, 2.05) is 31.2 Å². The number of anilines is 1. The summed E-state index contributed by atoms with van der Waals surface area (Å²) in [4.78, 5) is 23.6. The molecule has 0 spiro atoms. The summed E-state index contributed by atoms with van der Waals surface area (Å²) >= 11 is 0. The molecule has 2 aromatic carbocycles. The number of hydrogen-bond acceptors (Lipinski definition) is 6. The maximum atomic E-state index is 11.9. The Labute approximate surface area is 175 Å². The standard InChI is InChI=1S/C23H24N4O3/c1-14(2)30-23(29)24-16-10-11-27(13-16)22-17-9-8-15(3)12-19(17)25-21(26-22)18-6-4-5-7-20(18)28/h4-9,12,16,28H,1,10-11,13H2,2-3H3,(H,24,29). The van der Waals surface area contributed by atoms with Crippen LogP contribution in [0.5, 0.6) is 5.75 Å². The molecule has 1 amide bonds. The van der Waals surface area contributed by atoms with Crippen LogP contribution >= 0.6 is 0 Å². The molecule has 3 aromatic rings. The summed E-state index contributed by atoms with van der Waals surface area (Å²) in [5.74, 6) is 1.75. The van der Waals surface area contributed by atoms with Crippen molar-refractivity contribution in [2.45, 2.75) is 26.3 Å². The van der Waals surface area contributed by atoms with Crippen molar-refractivity contribution in [3.63, 3.8) is 0 Å². The van der Waals surface area contributed by atoms with Crippen molar-refractivity contribution in [1.82, 2.24) is 15.3 Å². The van der Waals surface area contributed by atoms with E-state index in [1.165, 1.54) is 0 Å². The van der Waals surface area contributed by atoms with Crippen LogP contribution < -0.4 is 10.2 Å². The number of aromatic nitrogens is 2. The number of aryl methyl sites for hydroxylation is 1. The highest BCUT2D eigenvalue weighted by molar-refractivity contribution is 5.92. The Hall–Kier alpha value is -3.61. The van der Waals surface area contributed by atoms with E-state index in [0.29, 0.717) is 23.7 Å². The van der Waals surface area contributed by atoms with E-state index in [-0.39, 0.29) is 11.8 Å². The summed E-state index contributed by atoms with van der Waals surface area (Å²) in [6.07, 6.45) is 0.279. The molecular formula is C23H24N4O3. The fourth-order valence-electron chi connectivity index (χ4n) is 3.67. The number of rotatable bonds is 4. The van der Waals surface area contributed by atoms with Gasteiger partial charge >= 0.3 is 6.09 Å². The maximum Gasteiger partial charge on any atom is 0.412 e. The lowest BCUT2D eigenvalue weighted by molar-refractivity contribution is 0.173. The Bertz CT molecular complexity index is 1130. The van der Waals surface area contributed by atoms with Crippen molar-refractivity contribution in [1.29, 1.82) is 0 Å². The minimum Gasteiger partial charge on any atom is -0.507 e. The molecule has 0 saturated carbocycles. The number of carbonyl (C=O) groups excluding carboxylic acids is 1. The molecule has 7 heteroatoms. The number of nitrogens with one attached hydrogen (secondary N) is 1. The quantitative estimate of drug-likeness (QED) is 0.635. The van der Waals surface area contributed by atoms with E-state index in [2.05, 4.69) is 16.8 Å². The molecule has 4 rings (SSSR count). The van der Waals surface area contributed by atoms with Crippen molar-refractivity contribution in [2.24, 2.45) is 0 Å². The van der Waals surface area contributed by atoms with E-state index >= 15 is 0 Å². The van der Waals surface area contributed by atoms with E-state index in [0.717, 1.165) is 35.2 Å². The summed E-state index contributed by atoms with van der Waals surface area (Å²) < 4.78 is 5.01. The largest absolute Gasteiger partial charge is 0.507 e. The van der Waals surface area contributed by atoms with Crippen LogP contribution in [0.15, 0.2) is 54.8 Å². The molecule has 1 unspecified atom stereocenters. The molecule has 1 aromatic heterocycles. The molecule has 1 aliphatic rings. The van der Waals surface area contributed by atoms with E-state index < -0.39 is 6.09 Å². The highest BCUT2D eigenvalue weighted by Gasteiger charge is 2.27. The minimum atomic E-state index is -0.493. The zero-order valence-electron chi connectivity index (χ0n) is 17.1. The zero-order valence-corrected chi connectivity index (χ0v) is 17.1. The number of carbonyl (C=O) groups is 1. The Morgan fingerprint density at radius 3 is 2.83 bits per heavy atom. The number of aromatic hydroxyl groups is 1. The third-order valence-corrected chi connectivity index (χ3v) is 5.05. The van der Waals surface area contributed by atoms with Crippen LogP contribution in [0.3, 0.4) is 0 Å². The van der Waals surface area contributed by atoms with Crippen molar-refractivity contribution < 1.29 is 14.6 Å². The lowest BCUT2D eigenvalue weighted by Crippen LogP contribution is -2.37. The number of amides is 1. The molecule has 0 aliphatic carbocycles. The molecule has 2 heterocycles. The fraction of sp³-hybridized carbons (Fsp3) is 0.261. The predicted molar refractivity (Wildman–Crippen MR) is 116 cm³/mol. The zero-order chi connectivity index (χ0) is 21.3. The van der Waals surface area contributed by atoms with Crippen molar-refractivity contribution in [3.8, 4) is 17.1 Å². The SMILES string of the molecule is C=C(C)OC(=O)NC1CCN(c2nc(-c3ccccc3O)nc3cc(C)ccc23)C1. The Morgan fingerprint density at radius 2 is 2.07 bits per heavy atom. The van der Waals surface area contributed by atoms with Crippen LogP contribution in [-0.4, -0.2) is 40.3 Å². The van der Waals surface area contributed by atoms with E-state index in [9.17, 15) is 9.90 Å². The topological polar surface area (TPSA) is 87.6 Å². The monoisotopic (exact) mass is 404 g/mol. The number of para-hydroxylation sites is 1. The van der Waals surface area contributed by atoms with Gasteiger partial charge in [-0.3, -0.25) is 0 Å². The number of fused-ring (bicyclic) bond motifs is 1. The molecule has 1 atom stereocenters. The summed E-state index contributed by atoms with van der Waals surface area (Å²) in [6, 6.07) is 13.1. The second kappa shape index (κ2) is 8.02. The van der Waals surface area contributed by atoms with Crippen LogP contribution in [0.1, 0.15) is 18.9 Å². The van der Waals surface area contributed by atoms with Crippen molar-refractivity contribution in [2.75, 3.05) is 18.0 Å². The molecular weight excluding hydrogens is 380 g/mol. The highest BCUT2D eigenvalue weighted by Crippen LogP contribution is 2.33. The first kappa shape index (κ1) is 19.7. The Balaban J connectivity index is 1.69. The average Bonchev–Trinajstić information content (AvgIpc) is 3.14. The minimum absolute atomic E-state index is 0.0547.